The van der Waals surface area contributed by atoms with E-state index in [2.05, 4.69) is 24.5 Å². The van der Waals surface area contributed by atoms with Crippen LogP contribution in [-0.2, 0) is 16.8 Å². The molecule has 1 fully saturated rings. The number of aliphatic hydroxyl groups is 2. The summed E-state index contributed by atoms with van der Waals surface area (Å²) in [4.78, 5) is 13.8. The Bertz CT molecular complexity index is 1460. The number of carbonyl (C=O) groups is 1. The van der Waals surface area contributed by atoms with E-state index in [0.29, 0.717) is 12.8 Å². The number of carbonyl (C=O) groups excluding carboxylic acids is 1. The van der Waals surface area contributed by atoms with Crippen LogP contribution >= 0.6 is 23.2 Å². The van der Waals surface area contributed by atoms with E-state index in [-0.39, 0.29) is 34.1 Å². The van der Waals surface area contributed by atoms with Crippen molar-refractivity contribution < 1.29 is 28.5 Å². The number of methoxy groups -OCH3 is 1. The summed E-state index contributed by atoms with van der Waals surface area (Å²) < 4.78 is 36.9. The minimum absolute atomic E-state index is 0.0456. The number of halogens is 4. The topological polar surface area (TPSA) is 117 Å². The van der Waals surface area contributed by atoms with Gasteiger partial charge in [-0.05, 0) is 66.1 Å². The zero-order valence-corrected chi connectivity index (χ0v) is 26.4. The lowest BCUT2D eigenvalue weighted by molar-refractivity contribution is -0.123. The molecule has 3 aromatic rings. The molecular weight excluding hydrogens is 611 g/mol. The van der Waals surface area contributed by atoms with Gasteiger partial charge in [-0.15, -0.1) is 0 Å². The normalized spacial score (nSPS) is 22.5. The summed E-state index contributed by atoms with van der Waals surface area (Å²) in [6.45, 7) is 3.69. The van der Waals surface area contributed by atoms with Crippen molar-refractivity contribution in [2.75, 3.05) is 20.3 Å². The number of amides is 1. The fourth-order valence-electron chi connectivity index (χ4n) is 6.28. The molecule has 7 nitrogen and oxygen atoms in total. The number of nitrogens with one attached hydrogen (secondary N) is 2. The van der Waals surface area contributed by atoms with Gasteiger partial charge in [0.15, 0.2) is 0 Å². The summed E-state index contributed by atoms with van der Waals surface area (Å²) in [6, 6.07) is 14.5. The van der Waals surface area contributed by atoms with Crippen LogP contribution in [0.3, 0.4) is 0 Å². The van der Waals surface area contributed by atoms with Crippen LogP contribution in [0.5, 0.6) is 5.75 Å². The molecule has 0 spiro atoms. The summed E-state index contributed by atoms with van der Waals surface area (Å²) in [5.74, 6) is -2.31. The summed E-state index contributed by atoms with van der Waals surface area (Å²) in [6.07, 6.45) is 0.0866. The summed E-state index contributed by atoms with van der Waals surface area (Å²) in [7, 11) is 1.60. The molecule has 1 aliphatic heterocycles. The Morgan fingerprint density at radius 2 is 1.86 bits per heavy atom. The van der Waals surface area contributed by atoms with E-state index in [0.717, 1.165) is 17.4 Å². The van der Waals surface area contributed by atoms with Gasteiger partial charge in [0.25, 0.3) is 0 Å². The summed E-state index contributed by atoms with van der Waals surface area (Å²) >= 11 is 12.3. The highest BCUT2D eigenvalue weighted by Crippen LogP contribution is 2.50. The maximum atomic E-state index is 15.8. The summed E-state index contributed by atoms with van der Waals surface area (Å²) in [5.41, 5.74) is 6.44. The van der Waals surface area contributed by atoms with Crippen LogP contribution in [0.1, 0.15) is 49.3 Å². The molecule has 3 aromatic carbocycles. The highest BCUT2D eigenvalue weighted by atomic mass is 35.5. The molecule has 1 heterocycles. The molecule has 0 unspecified atom stereocenters. The van der Waals surface area contributed by atoms with Gasteiger partial charge >= 0.3 is 0 Å². The smallest absolute Gasteiger partial charge is 0.237 e. The Morgan fingerprint density at radius 1 is 1.16 bits per heavy atom. The van der Waals surface area contributed by atoms with Gasteiger partial charge in [0.05, 0.1) is 36.4 Å². The number of hydrogen-bond donors (Lipinski definition) is 5. The molecule has 1 aliphatic rings. The van der Waals surface area contributed by atoms with E-state index in [1.165, 1.54) is 24.3 Å². The number of ether oxygens (including phenoxy) is 1. The van der Waals surface area contributed by atoms with Crippen molar-refractivity contribution in [2.45, 2.75) is 62.8 Å². The van der Waals surface area contributed by atoms with Gasteiger partial charge < -0.3 is 31.3 Å². The number of nitrogens with two attached hydrogens (primary N) is 1. The van der Waals surface area contributed by atoms with Gasteiger partial charge in [0, 0.05) is 29.1 Å². The Kier molecular flexibility index (Phi) is 10.9. The van der Waals surface area contributed by atoms with E-state index in [9.17, 15) is 15.0 Å². The van der Waals surface area contributed by atoms with Crippen molar-refractivity contribution in [3.8, 4) is 5.75 Å². The first-order valence-corrected chi connectivity index (χ1v) is 15.2. The van der Waals surface area contributed by atoms with Crippen LogP contribution in [-0.4, -0.2) is 54.6 Å². The van der Waals surface area contributed by atoms with E-state index in [4.69, 9.17) is 33.7 Å². The lowest BCUT2D eigenvalue weighted by Crippen LogP contribution is -2.52. The van der Waals surface area contributed by atoms with Gasteiger partial charge in [-0.25, -0.2) is 8.78 Å². The molecule has 4 rings (SSSR count). The molecule has 0 radical (unpaired) electrons. The maximum absolute atomic E-state index is 15.8. The second-order valence-corrected chi connectivity index (χ2v) is 13.0. The van der Waals surface area contributed by atoms with Crippen molar-refractivity contribution >= 4 is 29.1 Å². The first-order chi connectivity index (χ1) is 20.8. The van der Waals surface area contributed by atoms with Crippen molar-refractivity contribution in [1.29, 1.82) is 0 Å². The molecular formula is C33H39Cl2F2N3O4. The van der Waals surface area contributed by atoms with E-state index >= 15 is 8.78 Å². The molecule has 6 N–H and O–H groups in total. The van der Waals surface area contributed by atoms with Crippen molar-refractivity contribution in [2.24, 2.45) is 11.1 Å². The Labute approximate surface area is 266 Å². The predicted octanol–water partition coefficient (Wildman–Crippen LogP) is 5.08. The van der Waals surface area contributed by atoms with Gasteiger partial charge in [0.2, 0.25) is 5.91 Å². The first kappa shape index (κ1) is 34.1. The SMILES string of the molecule is COc1ccc(CC(C)(C)C[C@@H]2N[C@@H](C(=O)NCC[C@H](O)CO)[C@H](c3cccc(Cl)c3F)[C@@]2(N)c2ccc(Cl)cc2F)cc1. The van der Waals surface area contributed by atoms with Crippen LogP contribution in [0, 0.1) is 17.0 Å². The largest absolute Gasteiger partial charge is 0.497 e. The van der Waals surface area contributed by atoms with E-state index in [1.807, 2.05) is 24.3 Å². The standard InChI is InChI=1S/C33H39Cl2F2N3O4/c1-32(2,16-19-7-10-22(44-3)11-8-19)17-27-33(38,24-12-9-20(34)15-26(24)36)28(23-5-4-6-25(35)29(23)37)30(40-27)31(43)39-14-13-21(42)18-41/h4-12,15,21,27-28,30,40-42H,13-14,16-18,38H2,1-3H3,(H,39,43)/t21-,27-,28-,30+,33+/m0/s1. The third-order valence-corrected chi connectivity index (χ3v) is 8.91. The quantitative estimate of drug-likeness (QED) is 0.187. The molecule has 11 heteroatoms. The molecule has 1 amide bonds. The molecule has 238 valence electrons. The number of aliphatic hydroxyl groups excluding tert-OH is 2. The average Bonchev–Trinajstić information content (AvgIpc) is 3.25. The first-order valence-electron chi connectivity index (χ1n) is 14.4. The second kappa shape index (κ2) is 14.1. The van der Waals surface area contributed by atoms with Crippen LogP contribution < -0.4 is 21.1 Å². The van der Waals surface area contributed by atoms with Crippen LogP contribution in [0.15, 0.2) is 60.7 Å². The van der Waals surface area contributed by atoms with Gasteiger partial charge in [0.1, 0.15) is 17.4 Å². The van der Waals surface area contributed by atoms with Crippen molar-refractivity contribution in [3.63, 3.8) is 0 Å². The van der Waals surface area contributed by atoms with E-state index in [1.54, 1.807) is 13.2 Å². The van der Waals surface area contributed by atoms with Gasteiger partial charge in [-0.1, -0.05) is 67.4 Å². The molecule has 0 saturated carbocycles. The highest BCUT2D eigenvalue weighted by Gasteiger charge is 2.58. The Morgan fingerprint density at radius 3 is 2.50 bits per heavy atom. The maximum Gasteiger partial charge on any atom is 0.237 e. The van der Waals surface area contributed by atoms with E-state index < -0.39 is 59.2 Å². The second-order valence-electron chi connectivity index (χ2n) is 12.2. The Hall–Kier alpha value is -2.79. The van der Waals surface area contributed by atoms with Crippen molar-refractivity contribution in [1.82, 2.24) is 10.6 Å². The predicted molar refractivity (Wildman–Crippen MR) is 168 cm³/mol. The zero-order valence-electron chi connectivity index (χ0n) is 24.9. The van der Waals surface area contributed by atoms with Gasteiger partial charge in [-0.3, -0.25) is 4.79 Å². The number of benzene rings is 3. The zero-order chi connectivity index (χ0) is 32.2. The van der Waals surface area contributed by atoms with Crippen LogP contribution in [0.2, 0.25) is 10.0 Å². The molecule has 0 aromatic heterocycles. The third kappa shape index (κ3) is 7.36. The lowest BCUT2D eigenvalue weighted by atomic mass is 9.67. The monoisotopic (exact) mass is 649 g/mol. The Balaban J connectivity index is 1.81. The summed E-state index contributed by atoms with van der Waals surface area (Å²) in [5, 5.41) is 25.1. The molecule has 5 atom stereocenters. The molecule has 1 saturated heterocycles. The van der Waals surface area contributed by atoms with Crippen molar-refractivity contribution in [3.05, 3.63) is 99.0 Å². The fraction of sp³-hybridized carbons (Fsp3) is 0.424. The fourth-order valence-corrected chi connectivity index (χ4v) is 6.62. The van der Waals surface area contributed by atoms with Crippen LogP contribution in [0.4, 0.5) is 8.78 Å². The minimum atomic E-state index is -1.63. The number of rotatable bonds is 12. The highest BCUT2D eigenvalue weighted by molar-refractivity contribution is 6.31. The molecule has 0 bridgehead atoms. The average molecular weight is 651 g/mol. The van der Waals surface area contributed by atoms with Crippen LogP contribution in [0.25, 0.3) is 0 Å². The minimum Gasteiger partial charge on any atom is -0.497 e. The third-order valence-electron chi connectivity index (χ3n) is 8.39. The molecule has 44 heavy (non-hydrogen) atoms. The van der Waals surface area contributed by atoms with Gasteiger partial charge in [-0.2, -0.15) is 0 Å². The lowest BCUT2D eigenvalue weighted by Gasteiger charge is -2.40. The number of hydrogen-bond acceptors (Lipinski definition) is 6. The molecule has 0 aliphatic carbocycles.